The number of hydrogen-bond donors (Lipinski definition) is 2. The highest BCUT2D eigenvalue weighted by molar-refractivity contribution is 8.00. The first-order chi connectivity index (χ1) is 7.56. The van der Waals surface area contributed by atoms with Crippen molar-refractivity contribution in [3.05, 3.63) is 34.9 Å². The Kier molecular flexibility index (Phi) is 5.62. The number of benzene rings is 1. The maximum absolute atomic E-state index is 9.09. The third-order valence-electron chi connectivity index (χ3n) is 2.33. The second-order valence-electron chi connectivity index (χ2n) is 3.93. The number of halogens is 1. The first kappa shape index (κ1) is 13.8. The molecule has 1 aromatic rings. The topological polar surface area (TPSA) is 46.2 Å². The molecule has 3 N–H and O–H groups in total. The molecule has 90 valence electrons. The van der Waals surface area contributed by atoms with Gasteiger partial charge in [-0.25, -0.2) is 0 Å². The van der Waals surface area contributed by atoms with Gasteiger partial charge in [0, 0.05) is 21.6 Å². The van der Waals surface area contributed by atoms with Crippen LogP contribution >= 0.6 is 23.4 Å². The second kappa shape index (κ2) is 6.50. The summed E-state index contributed by atoms with van der Waals surface area (Å²) >= 11 is 7.82. The van der Waals surface area contributed by atoms with Crippen LogP contribution in [0.4, 0.5) is 0 Å². The van der Waals surface area contributed by atoms with E-state index in [0.717, 1.165) is 10.6 Å². The number of thioether (sulfide) groups is 1. The average molecular weight is 260 g/mol. The molecule has 16 heavy (non-hydrogen) atoms. The molecule has 0 fully saturated rings. The summed E-state index contributed by atoms with van der Waals surface area (Å²) in [5, 5.41) is 10.1. The van der Waals surface area contributed by atoms with E-state index < -0.39 is 0 Å². The van der Waals surface area contributed by atoms with Crippen LogP contribution in [0.25, 0.3) is 0 Å². The normalized spacial score (nSPS) is 16.8. The molecule has 0 aliphatic rings. The molecule has 1 aromatic carbocycles. The molecule has 3 unspecified atom stereocenters. The van der Waals surface area contributed by atoms with Gasteiger partial charge in [0.05, 0.1) is 6.61 Å². The third kappa shape index (κ3) is 3.67. The Labute approximate surface area is 106 Å². The smallest absolute Gasteiger partial charge is 0.0547 e. The third-order valence-corrected chi connectivity index (χ3v) is 4.26. The van der Waals surface area contributed by atoms with Gasteiger partial charge in [-0.1, -0.05) is 36.7 Å². The number of rotatable bonds is 5. The average Bonchev–Trinajstić information content (AvgIpc) is 2.26. The predicted molar refractivity (Wildman–Crippen MR) is 72.0 cm³/mol. The maximum atomic E-state index is 9.09. The highest BCUT2D eigenvalue weighted by Crippen LogP contribution is 2.37. The van der Waals surface area contributed by atoms with Crippen LogP contribution in [0.1, 0.15) is 24.7 Å². The quantitative estimate of drug-likeness (QED) is 0.855. The van der Waals surface area contributed by atoms with E-state index in [1.807, 2.05) is 38.1 Å². The summed E-state index contributed by atoms with van der Waals surface area (Å²) in [5.74, 6) is 0. The van der Waals surface area contributed by atoms with Crippen LogP contribution in [0.5, 0.6) is 0 Å². The van der Waals surface area contributed by atoms with Crippen molar-refractivity contribution in [2.24, 2.45) is 5.73 Å². The molecular formula is C12H18ClNOS. The van der Waals surface area contributed by atoms with Crippen molar-refractivity contribution in [1.29, 1.82) is 0 Å². The molecule has 1 rings (SSSR count). The lowest BCUT2D eigenvalue weighted by molar-refractivity contribution is 0.299. The minimum atomic E-state index is -0.00102. The highest BCUT2D eigenvalue weighted by atomic mass is 35.5. The van der Waals surface area contributed by atoms with Gasteiger partial charge < -0.3 is 10.8 Å². The van der Waals surface area contributed by atoms with Crippen molar-refractivity contribution in [3.8, 4) is 0 Å². The molecule has 4 heteroatoms. The van der Waals surface area contributed by atoms with Crippen LogP contribution in [0.15, 0.2) is 24.3 Å². The maximum Gasteiger partial charge on any atom is 0.0547 e. The number of aliphatic hydroxyl groups is 1. The van der Waals surface area contributed by atoms with Crippen LogP contribution in [-0.2, 0) is 0 Å². The summed E-state index contributed by atoms with van der Waals surface area (Å²) in [6.45, 7) is 4.10. The molecule has 0 aromatic heterocycles. The van der Waals surface area contributed by atoms with E-state index in [0.29, 0.717) is 0 Å². The van der Waals surface area contributed by atoms with Crippen molar-refractivity contribution in [2.75, 3.05) is 6.61 Å². The molecular weight excluding hydrogens is 242 g/mol. The predicted octanol–water partition coefficient (Wildman–Crippen LogP) is 2.84. The Morgan fingerprint density at radius 2 is 2.00 bits per heavy atom. The molecule has 0 radical (unpaired) electrons. The molecule has 3 atom stereocenters. The molecule has 2 nitrogen and oxygen atoms in total. The summed E-state index contributed by atoms with van der Waals surface area (Å²) in [7, 11) is 0. The minimum Gasteiger partial charge on any atom is -0.395 e. The van der Waals surface area contributed by atoms with Crippen LogP contribution in [0.3, 0.4) is 0 Å². The van der Waals surface area contributed by atoms with Crippen LogP contribution in [0, 0.1) is 0 Å². The molecule has 0 heterocycles. The SMILES string of the molecule is CC(CO)SC(c1ccccc1Cl)C(C)N. The van der Waals surface area contributed by atoms with Gasteiger partial charge in [-0.05, 0) is 18.6 Å². The van der Waals surface area contributed by atoms with Gasteiger partial charge in [-0.2, -0.15) is 0 Å². The molecule has 0 aliphatic heterocycles. The van der Waals surface area contributed by atoms with Gasteiger partial charge in [0.2, 0.25) is 0 Å². The fourth-order valence-electron chi connectivity index (χ4n) is 1.48. The van der Waals surface area contributed by atoms with Gasteiger partial charge in [-0.3, -0.25) is 0 Å². The van der Waals surface area contributed by atoms with Gasteiger partial charge in [0.25, 0.3) is 0 Å². The Morgan fingerprint density at radius 1 is 1.38 bits per heavy atom. The number of hydrogen-bond acceptors (Lipinski definition) is 3. The van der Waals surface area contributed by atoms with Crippen molar-refractivity contribution in [3.63, 3.8) is 0 Å². The summed E-state index contributed by atoms with van der Waals surface area (Å²) < 4.78 is 0. The van der Waals surface area contributed by atoms with Crippen LogP contribution < -0.4 is 5.73 Å². The number of aliphatic hydroxyl groups excluding tert-OH is 1. The van der Waals surface area contributed by atoms with E-state index in [-0.39, 0.29) is 23.1 Å². The molecule has 0 bridgehead atoms. The summed E-state index contributed by atoms with van der Waals surface area (Å²) in [4.78, 5) is 0. The second-order valence-corrected chi connectivity index (χ2v) is 5.92. The van der Waals surface area contributed by atoms with E-state index in [2.05, 4.69) is 0 Å². The Hall–Kier alpha value is -0.220. The van der Waals surface area contributed by atoms with Crippen molar-refractivity contribution >= 4 is 23.4 Å². The Balaban J connectivity index is 2.90. The first-order valence-corrected chi connectivity index (χ1v) is 6.64. The first-order valence-electron chi connectivity index (χ1n) is 5.32. The van der Waals surface area contributed by atoms with E-state index in [9.17, 15) is 0 Å². The van der Waals surface area contributed by atoms with Gasteiger partial charge in [0.15, 0.2) is 0 Å². The van der Waals surface area contributed by atoms with Gasteiger partial charge in [-0.15, -0.1) is 11.8 Å². The summed E-state index contributed by atoms with van der Waals surface area (Å²) in [5.41, 5.74) is 7.03. The standard InChI is InChI=1S/C12H18ClNOS/c1-8(7-15)16-12(9(2)14)10-5-3-4-6-11(10)13/h3-6,8-9,12,15H,7,14H2,1-2H3. The van der Waals surface area contributed by atoms with E-state index in [1.165, 1.54) is 0 Å². The molecule has 0 saturated heterocycles. The van der Waals surface area contributed by atoms with E-state index in [4.69, 9.17) is 22.4 Å². The summed E-state index contributed by atoms with van der Waals surface area (Å²) in [6, 6.07) is 7.73. The monoisotopic (exact) mass is 259 g/mol. The zero-order chi connectivity index (χ0) is 12.1. The highest BCUT2D eigenvalue weighted by Gasteiger charge is 2.21. The fraction of sp³-hybridized carbons (Fsp3) is 0.500. The molecule has 0 amide bonds. The van der Waals surface area contributed by atoms with Crippen molar-refractivity contribution in [1.82, 2.24) is 0 Å². The van der Waals surface area contributed by atoms with Crippen molar-refractivity contribution < 1.29 is 5.11 Å². The Bertz CT molecular complexity index is 333. The lowest BCUT2D eigenvalue weighted by Gasteiger charge is -2.24. The largest absolute Gasteiger partial charge is 0.395 e. The van der Waals surface area contributed by atoms with Gasteiger partial charge >= 0.3 is 0 Å². The Morgan fingerprint density at radius 3 is 2.50 bits per heavy atom. The van der Waals surface area contributed by atoms with Crippen molar-refractivity contribution in [2.45, 2.75) is 30.4 Å². The van der Waals surface area contributed by atoms with Crippen LogP contribution in [0.2, 0.25) is 5.02 Å². The van der Waals surface area contributed by atoms with Gasteiger partial charge in [0.1, 0.15) is 0 Å². The fourth-order valence-corrected chi connectivity index (χ4v) is 2.98. The zero-order valence-corrected chi connectivity index (χ0v) is 11.1. The lowest BCUT2D eigenvalue weighted by atomic mass is 10.1. The van der Waals surface area contributed by atoms with E-state index >= 15 is 0 Å². The summed E-state index contributed by atoms with van der Waals surface area (Å²) in [6.07, 6.45) is 0. The van der Waals surface area contributed by atoms with Crippen LogP contribution in [-0.4, -0.2) is 23.0 Å². The zero-order valence-electron chi connectivity index (χ0n) is 9.56. The molecule has 0 aliphatic carbocycles. The molecule has 0 saturated carbocycles. The minimum absolute atomic E-state index is 0.00102. The lowest BCUT2D eigenvalue weighted by Crippen LogP contribution is -2.25. The number of nitrogens with two attached hydrogens (primary N) is 1. The van der Waals surface area contributed by atoms with E-state index in [1.54, 1.807) is 11.8 Å². The molecule has 0 spiro atoms.